The average molecular weight is 225 g/mol. The van der Waals surface area contributed by atoms with Crippen molar-refractivity contribution < 1.29 is 9.53 Å². The molecule has 0 spiro atoms. The number of carbonyl (C=O) groups is 1. The Labute approximate surface area is 93.9 Å². The SMILES string of the molecule is O=C(CCl)O[C@H]1C=CC2C3C=CC(C3)C21. The Morgan fingerprint density at radius 3 is 2.87 bits per heavy atom. The minimum absolute atomic E-state index is 0.0406. The van der Waals surface area contributed by atoms with Crippen molar-refractivity contribution in [2.24, 2.45) is 23.7 Å². The van der Waals surface area contributed by atoms with Crippen molar-refractivity contribution in [3.8, 4) is 0 Å². The number of hydrogen-bond donors (Lipinski definition) is 0. The van der Waals surface area contributed by atoms with Crippen molar-refractivity contribution >= 4 is 17.6 Å². The number of allylic oxidation sites excluding steroid dienone is 3. The third-order valence-corrected chi connectivity index (χ3v) is 4.08. The van der Waals surface area contributed by atoms with Gasteiger partial charge in [-0.15, -0.1) is 11.6 Å². The third-order valence-electron chi connectivity index (χ3n) is 3.86. The van der Waals surface area contributed by atoms with Gasteiger partial charge in [-0.3, -0.25) is 4.79 Å². The monoisotopic (exact) mass is 224 g/mol. The second kappa shape index (κ2) is 3.38. The van der Waals surface area contributed by atoms with E-state index in [1.54, 1.807) is 0 Å². The number of esters is 1. The van der Waals surface area contributed by atoms with E-state index in [1.807, 2.05) is 6.08 Å². The number of ether oxygens (including phenoxy) is 1. The molecule has 15 heavy (non-hydrogen) atoms. The van der Waals surface area contributed by atoms with Gasteiger partial charge < -0.3 is 4.74 Å². The van der Waals surface area contributed by atoms with Gasteiger partial charge in [-0.1, -0.05) is 18.2 Å². The maximum absolute atomic E-state index is 11.2. The van der Waals surface area contributed by atoms with E-state index < -0.39 is 0 Å². The summed E-state index contributed by atoms with van der Waals surface area (Å²) in [6, 6.07) is 0. The second-order valence-electron chi connectivity index (χ2n) is 4.58. The summed E-state index contributed by atoms with van der Waals surface area (Å²) in [5.41, 5.74) is 0. The maximum Gasteiger partial charge on any atom is 0.321 e. The molecule has 0 aromatic carbocycles. The lowest BCUT2D eigenvalue weighted by Gasteiger charge is -2.25. The van der Waals surface area contributed by atoms with E-state index in [-0.39, 0.29) is 18.0 Å². The van der Waals surface area contributed by atoms with Crippen LogP contribution in [0.2, 0.25) is 0 Å². The highest BCUT2D eigenvalue weighted by atomic mass is 35.5. The van der Waals surface area contributed by atoms with E-state index in [0.29, 0.717) is 23.7 Å². The van der Waals surface area contributed by atoms with Crippen molar-refractivity contribution in [2.45, 2.75) is 12.5 Å². The highest BCUT2D eigenvalue weighted by Crippen LogP contribution is 2.53. The molecule has 1 fully saturated rings. The first-order valence-corrected chi connectivity index (χ1v) is 5.95. The summed E-state index contributed by atoms with van der Waals surface area (Å²) in [6.45, 7) is 0. The maximum atomic E-state index is 11.2. The van der Waals surface area contributed by atoms with Gasteiger partial charge in [0.05, 0.1) is 0 Å². The molecule has 0 N–H and O–H groups in total. The van der Waals surface area contributed by atoms with Crippen molar-refractivity contribution in [3.63, 3.8) is 0 Å². The predicted molar refractivity (Wildman–Crippen MR) is 57.5 cm³/mol. The molecule has 0 aromatic heterocycles. The van der Waals surface area contributed by atoms with Crippen LogP contribution in [-0.4, -0.2) is 18.0 Å². The van der Waals surface area contributed by atoms with E-state index in [0.717, 1.165) is 0 Å². The highest BCUT2D eigenvalue weighted by Gasteiger charge is 2.49. The normalized spacial score (nSPS) is 44.7. The number of hydrogen-bond acceptors (Lipinski definition) is 2. The molecule has 5 atom stereocenters. The van der Waals surface area contributed by atoms with Gasteiger partial charge in [-0.25, -0.2) is 0 Å². The number of rotatable bonds is 2. The fourth-order valence-electron chi connectivity index (χ4n) is 3.30. The zero-order valence-electron chi connectivity index (χ0n) is 8.30. The molecule has 2 nitrogen and oxygen atoms in total. The Hall–Kier alpha value is -0.760. The number of carbonyl (C=O) groups excluding carboxylic acids is 1. The van der Waals surface area contributed by atoms with E-state index in [1.165, 1.54) is 6.42 Å². The van der Waals surface area contributed by atoms with Crippen LogP contribution in [0.1, 0.15) is 6.42 Å². The van der Waals surface area contributed by atoms with Crippen molar-refractivity contribution in [1.82, 2.24) is 0 Å². The highest BCUT2D eigenvalue weighted by molar-refractivity contribution is 6.26. The molecule has 3 aliphatic rings. The molecule has 3 heteroatoms. The summed E-state index contributed by atoms with van der Waals surface area (Å²) in [6.07, 6.45) is 10.0. The van der Waals surface area contributed by atoms with E-state index >= 15 is 0 Å². The number of halogens is 1. The van der Waals surface area contributed by atoms with Gasteiger partial charge in [-0.2, -0.15) is 0 Å². The quantitative estimate of drug-likeness (QED) is 0.408. The summed E-state index contributed by atoms with van der Waals surface area (Å²) in [5, 5.41) is 0. The Balaban J connectivity index is 1.75. The molecule has 0 amide bonds. The average Bonchev–Trinajstić information content (AvgIpc) is 2.89. The lowest BCUT2D eigenvalue weighted by atomic mass is 9.84. The van der Waals surface area contributed by atoms with E-state index in [9.17, 15) is 4.79 Å². The molecule has 0 aromatic rings. The van der Waals surface area contributed by atoms with Crippen LogP contribution in [0.3, 0.4) is 0 Å². The Bertz CT molecular complexity index is 348. The minimum Gasteiger partial charge on any atom is -0.457 e. The van der Waals surface area contributed by atoms with E-state index in [2.05, 4.69) is 18.2 Å². The molecule has 0 aliphatic heterocycles. The van der Waals surface area contributed by atoms with Gasteiger partial charge in [0.2, 0.25) is 0 Å². The predicted octanol–water partition coefficient (Wildman–Crippen LogP) is 2.15. The summed E-state index contributed by atoms with van der Waals surface area (Å²) in [7, 11) is 0. The van der Waals surface area contributed by atoms with Crippen LogP contribution in [0.4, 0.5) is 0 Å². The van der Waals surface area contributed by atoms with Gasteiger partial charge in [0.25, 0.3) is 0 Å². The van der Waals surface area contributed by atoms with Gasteiger partial charge in [0.15, 0.2) is 0 Å². The summed E-state index contributed by atoms with van der Waals surface area (Å²) >= 11 is 5.44. The zero-order chi connectivity index (χ0) is 10.4. The topological polar surface area (TPSA) is 26.3 Å². The molecule has 3 aliphatic carbocycles. The number of alkyl halides is 1. The van der Waals surface area contributed by atoms with Crippen LogP contribution in [0.15, 0.2) is 24.3 Å². The minimum atomic E-state index is -0.307. The summed E-state index contributed by atoms with van der Waals surface area (Å²) < 4.78 is 5.34. The fourth-order valence-corrected chi connectivity index (χ4v) is 3.36. The zero-order valence-corrected chi connectivity index (χ0v) is 9.06. The van der Waals surface area contributed by atoms with Gasteiger partial charge in [-0.05, 0) is 30.3 Å². The molecule has 80 valence electrons. The van der Waals surface area contributed by atoms with Crippen LogP contribution in [0.25, 0.3) is 0 Å². The Morgan fingerprint density at radius 1 is 1.27 bits per heavy atom. The van der Waals surface area contributed by atoms with Crippen LogP contribution in [0.5, 0.6) is 0 Å². The van der Waals surface area contributed by atoms with Crippen molar-refractivity contribution in [2.75, 3.05) is 5.88 Å². The summed E-state index contributed by atoms with van der Waals surface area (Å²) in [5.74, 6) is 1.99. The molecular formula is C12H13ClO2. The second-order valence-corrected chi connectivity index (χ2v) is 4.84. The molecule has 3 rings (SSSR count). The van der Waals surface area contributed by atoms with Gasteiger partial charge >= 0.3 is 5.97 Å². The Morgan fingerprint density at radius 2 is 2.07 bits per heavy atom. The van der Waals surface area contributed by atoms with Crippen LogP contribution in [0, 0.1) is 23.7 Å². The van der Waals surface area contributed by atoms with Crippen molar-refractivity contribution in [1.29, 1.82) is 0 Å². The van der Waals surface area contributed by atoms with Crippen LogP contribution >= 0.6 is 11.6 Å². The molecule has 1 saturated carbocycles. The van der Waals surface area contributed by atoms with Crippen LogP contribution < -0.4 is 0 Å². The molecule has 0 radical (unpaired) electrons. The van der Waals surface area contributed by atoms with Crippen LogP contribution in [-0.2, 0) is 9.53 Å². The molecule has 2 bridgehead atoms. The Kier molecular flexibility index (Phi) is 2.13. The van der Waals surface area contributed by atoms with Gasteiger partial charge in [0, 0.05) is 5.92 Å². The standard InChI is InChI=1S/C12H13ClO2/c13-6-11(14)15-10-4-3-9-7-1-2-8(5-7)12(9)10/h1-4,7-10,12H,5-6H2/t7?,8?,9?,10-,12?/m0/s1. The lowest BCUT2D eigenvalue weighted by Crippen LogP contribution is -2.29. The molecule has 4 unspecified atom stereocenters. The van der Waals surface area contributed by atoms with E-state index in [4.69, 9.17) is 16.3 Å². The van der Waals surface area contributed by atoms with Crippen molar-refractivity contribution in [3.05, 3.63) is 24.3 Å². The molecule has 0 saturated heterocycles. The fraction of sp³-hybridized carbons (Fsp3) is 0.583. The number of fused-ring (bicyclic) bond motifs is 5. The lowest BCUT2D eigenvalue weighted by molar-refractivity contribution is -0.146. The third kappa shape index (κ3) is 1.35. The smallest absolute Gasteiger partial charge is 0.321 e. The first-order valence-electron chi connectivity index (χ1n) is 5.41. The summed E-state index contributed by atoms with van der Waals surface area (Å²) in [4.78, 5) is 11.2. The molecule has 0 heterocycles. The molecular weight excluding hydrogens is 212 g/mol. The largest absolute Gasteiger partial charge is 0.457 e. The van der Waals surface area contributed by atoms with Gasteiger partial charge in [0.1, 0.15) is 12.0 Å². The first-order chi connectivity index (χ1) is 7.29. The first kappa shape index (κ1) is 9.46.